The first-order valence-corrected chi connectivity index (χ1v) is 12.0. The van der Waals surface area contributed by atoms with Gasteiger partial charge < -0.3 is 4.74 Å². The predicted molar refractivity (Wildman–Crippen MR) is 115 cm³/mol. The average molecular weight is 403 g/mol. The second-order valence-corrected chi connectivity index (χ2v) is 10.2. The molecule has 0 N–H and O–H groups in total. The van der Waals surface area contributed by atoms with E-state index in [-0.39, 0.29) is 6.17 Å². The second-order valence-electron chi connectivity index (χ2n) is 7.80. The van der Waals surface area contributed by atoms with Gasteiger partial charge in [-0.3, -0.25) is 14.8 Å². The summed E-state index contributed by atoms with van der Waals surface area (Å²) < 4.78 is 22.1. The Balaban J connectivity index is 1.34. The van der Waals surface area contributed by atoms with Gasteiger partial charge in [-0.05, 0) is 24.1 Å². The summed E-state index contributed by atoms with van der Waals surface area (Å²) in [6.45, 7) is 7.13. The van der Waals surface area contributed by atoms with Gasteiger partial charge in [-0.1, -0.05) is 18.2 Å². The van der Waals surface area contributed by atoms with Crippen LogP contribution in [0.4, 0.5) is 0 Å². The second kappa shape index (κ2) is 7.97. The van der Waals surface area contributed by atoms with Crippen LogP contribution in [0.25, 0.3) is 0 Å². The summed E-state index contributed by atoms with van der Waals surface area (Å²) in [5, 5.41) is 0. The normalized spacial score (nSPS) is 26.1. The minimum Gasteiger partial charge on any atom is -0.493 e. The van der Waals surface area contributed by atoms with Gasteiger partial charge in [0.1, 0.15) is 11.9 Å². The zero-order chi connectivity index (χ0) is 19.7. The molecule has 6 nitrogen and oxygen atoms in total. The van der Waals surface area contributed by atoms with E-state index in [2.05, 4.69) is 44.3 Å². The third kappa shape index (κ3) is 3.88. The van der Waals surface area contributed by atoms with Crippen molar-refractivity contribution in [2.24, 2.45) is 9.36 Å². The molecule has 1 saturated heterocycles. The van der Waals surface area contributed by atoms with Crippen molar-refractivity contribution in [3.63, 3.8) is 0 Å². The Morgan fingerprint density at radius 1 is 1.29 bits per heavy atom. The molecule has 1 aromatic rings. The monoisotopic (exact) mass is 402 g/mol. The summed E-state index contributed by atoms with van der Waals surface area (Å²) in [7, 11) is -0.673. The number of rotatable bonds is 4. The van der Waals surface area contributed by atoms with Gasteiger partial charge in [0.05, 0.1) is 21.2 Å². The van der Waals surface area contributed by atoms with Crippen molar-refractivity contribution in [1.29, 1.82) is 0 Å². The third-order valence-corrected chi connectivity index (χ3v) is 8.05. The number of aliphatic imine (C=N–C) groups is 1. The van der Waals surface area contributed by atoms with E-state index in [1.807, 2.05) is 6.08 Å². The van der Waals surface area contributed by atoms with E-state index in [1.165, 1.54) is 11.1 Å². The fourth-order valence-electron chi connectivity index (χ4n) is 4.17. The molecule has 1 aromatic carbocycles. The van der Waals surface area contributed by atoms with Crippen molar-refractivity contribution >= 4 is 15.9 Å². The molecular weight excluding hydrogens is 372 g/mol. The van der Waals surface area contributed by atoms with Crippen molar-refractivity contribution in [2.75, 3.05) is 46.1 Å². The highest BCUT2D eigenvalue weighted by Crippen LogP contribution is 2.31. The molecule has 0 bridgehead atoms. The van der Waals surface area contributed by atoms with E-state index < -0.39 is 9.73 Å². The number of ether oxygens (including phenoxy) is 1. The van der Waals surface area contributed by atoms with Gasteiger partial charge in [-0.2, -0.15) is 0 Å². The van der Waals surface area contributed by atoms with E-state index in [9.17, 15) is 4.21 Å². The van der Waals surface area contributed by atoms with Gasteiger partial charge >= 0.3 is 0 Å². The van der Waals surface area contributed by atoms with Crippen LogP contribution < -0.4 is 4.74 Å². The van der Waals surface area contributed by atoms with E-state index in [0.29, 0.717) is 6.04 Å². The molecular formula is C21H30N4O2S. The Hall–Kier alpha value is -1.70. The number of hydrogen-bond acceptors (Lipinski definition) is 6. The largest absolute Gasteiger partial charge is 0.493 e. The molecule has 152 valence electrons. The first-order valence-electron chi connectivity index (χ1n) is 10.1. The van der Waals surface area contributed by atoms with E-state index in [0.717, 1.165) is 56.3 Å². The summed E-state index contributed by atoms with van der Waals surface area (Å²) in [5.74, 6) is 1.06. The number of piperazine rings is 1. The van der Waals surface area contributed by atoms with Crippen LogP contribution in [-0.2, 0) is 16.1 Å². The standard InChI is InChI=1S/C21H30N4O2S/c1-16(18-5-4-17-8-13-27-20(17)14-18)24-9-11-25(12-10-24)21-7-6-19(15-23-21)28(3,26)22-2/h4-6,14-16,21H,7-13H2,1-3H3/t16-,21?,28?/m1/s1. The molecule has 0 saturated carbocycles. The summed E-state index contributed by atoms with van der Waals surface area (Å²) >= 11 is 0. The maximum absolute atomic E-state index is 12.4. The maximum Gasteiger partial charge on any atom is 0.122 e. The molecule has 3 atom stereocenters. The molecule has 0 spiro atoms. The Morgan fingerprint density at radius 3 is 2.75 bits per heavy atom. The lowest BCUT2D eigenvalue weighted by Gasteiger charge is -2.40. The molecule has 2 unspecified atom stereocenters. The van der Waals surface area contributed by atoms with Crippen molar-refractivity contribution in [1.82, 2.24) is 9.80 Å². The Labute approximate surface area is 168 Å². The molecule has 0 aromatic heterocycles. The van der Waals surface area contributed by atoms with Crippen LogP contribution in [0, 0.1) is 0 Å². The summed E-state index contributed by atoms with van der Waals surface area (Å²) in [6.07, 6.45) is 7.48. The first-order chi connectivity index (χ1) is 13.5. The molecule has 28 heavy (non-hydrogen) atoms. The van der Waals surface area contributed by atoms with Crippen LogP contribution in [0.15, 0.2) is 38.5 Å². The van der Waals surface area contributed by atoms with Crippen LogP contribution in [-0.4, -0.2) is 72.5 Å². The lowest BCUT2D eigenvalue weighted by atomic mass is 10.0. The molecule has 7 heteroatoms. The SMILES string of the molecule is CN=S(C)(=O)C1=CCC(N2CCN([C@H](C)c3ccc4c(c3)OCC4)CC2)N=C1. The highest BCUT2D eigenvalue weighted by atomic mass is 32.2. The van der Waals surface area contributed by atoms with Crippen LogP contribution in [0.3, 0.4) is 0 Å². The van der Waals surface area contributed by atoms with Gasteiger partial charge in [0, 0.05) is 64.6 Å². The molecule has 1 fully saturated rings. The average Bonchev–Trinajstić information content (AvgIpc) is 3.21. The fourth-order valence-corrected chi connectivity index (χ4v) is 5.04. The number of nitrogens with zero attached hydrogens (tertiary/aromatic N) is 4. The Morgan fingerprint density at radius 2 is 2.07 bits per heavy atom. The molecule has 3 aliphatic heterocycles. The topological polar surface area (TPSA) is 57.5 Å². The number of hydrogen-bond donors (Lipinski definition) is 0. The number of allylic oxidation sites excluding steroid dienone is 1. The van der Waals surface area contributed by atoms with Crippen molar-refractivity contribution in [3.05, 3.63) is 40.3 Å². The third-order valence-electron chi connectivity index (χ3n) is 6.21. The van der Waals surface area contributed by atoms with E-state index in [1.54, 1.807) is 19.5 Å². The summed E-state index contributed by atoms with van der Waals surface area (Å²) in [5.41, 5.74) is 2.66. The zero-order valence-electron chi connectivity index (χ0n) is 17.0. The number of dihydropyridines is 1. The van der Waals surface area contributed by atoms with Crippen LogP contribution in [0.5, 0.6) is 5.75 Å². The Bertz CT molecular complexity index is 909. The lowest BCUT2D eigenvalue weighted by Crippen LogP contribution is -2.50. The van der Waals surface area contributed by atoms with Crippen LogP contribution in [0.2, 0.25) is 0 Å². The predicted octanol–water partition coefficient (Wildman–Crippen LogP) is 2.71. The highest BCUT2D eigenvalue weighted by Gasteiger charge is 2.28. The van der Waals surface area contributed by atoms with Gasteiger partial charge in [-0.25, -0.2) is 8.57 Å². The smallest absolute Gasteiger partial charge is 0.122 e. The quantitative estimate of drug-likeness (QED) is 0.777. The minimum absolute atomic E-state index is 0.154. The molecule has 0 aliphatic carbocycles. The minimum atomic E-state index is -2.28. The molecule has 3 aliphatic rings. The molecule has 3 heterocycles. The Kier molecular flexibility index (Phi) is 5.58. The maximum atomic E-state index is 12.4. The van der Waals surface area contributed by atoms with Gasteiger partial charge in [0.2, 0.25) is 0 Å². The lowest BCUT2D eigenvalue weighted by molar-refractivity contribution is 0.0762. The van der Waals surface area contributed by atoms with Gasteiger partial charge in [-0.15, -0.1) is 0 Å². The van der Waals surface area contributed by atoms with Crippen LogP contribution in [0.1, 0.15) is 30.5 Å². The van der Waals surface area contributed by atoms with E-state index >= 15 is 0 Å². The zero-order valence-corrected chi connectivity index (χ0v) is 17.8. The first kappa shape index (κ1) is 19.6. The highest BCUT2D eigenvalue weighted by molar-refractivity contribution is 7.97. The number of benzene rings is 1. The summed E-state index contributed by atoms with van der Waals surface area (Å²) in [6, 6.07) is 7.08. The molecule has 4 rings (SSSR count). The fraction of sp³-hybridized carbons (Fsp3) is 0.571. The number of fused-ring (bicyclic) bond motifs is 1. The van der Waals surface area contributed by atoms with Gasteiger partial charge in [0.25, 0.3) is 0 Å². The van der Waals surface area contributed by atoms with Crippen molar-refractivity contribution < 1.29 is 8.95 Å². The molecule has 0 radical (unpaired) electrons. The van der Waals surface area contributed by atoms with Crippen molar-refractivity contribution in [2.45, 2.75) is 32.0 Å². The summed E-state index contributed by atoms with van der Waals surface area (Å²) in [4.78, 5) is 10.4. The van der Waals surface area contributed by atoms with Crippen LogP contribution >= 0.6 is 0 Å². The van der Waals surface area contributed by atoms with E-state index in [4.69, 9.17) is 4.74 Å². The molecule has 0 amide bonds. The van der Waals surface area contributed by atoms with Crippen molar-refractivity contribution in [3.8, 4) is 5.75 Å². The van der Waals surface area contributed by atoms with Gasteiger partial charge in [0.15, 0.2) is 0 Å².